The maximum Gasteiger partial charge on any atom is 0.306 e. The molecule has 0 aliphatic heterocycles. The van der Waals surface area contributed by atoms with Crippen molar-refractivity contribution in [1.82, 2.24) is 10.6 Å². The first-order valence-electron chi connectivity index (χ1n) is 10.8. The summed E-state index contributed by atoms with van der Waals surface area (Å²) in [5.74, 6) is -0.590. The van der Waals surface area contributed by atoms with Crippen molar-refractivity contribution in [3.8, 4) is 0 Å². The second-order valence-corrected chi connectivity index (χ2v) is 7.94. The van der Waals surface area contributed by atoms with Gasteiger partial charge in [-0.2, -0.15) is 0 Å². The minimum absolute atomic E-state index is 0.00557. The first kappa shape index (κ1) is 28.3. The van der Waals surface area contributed by atoms with Crippen molar-refractivity contribution in [2.24, 2.45) is 0 Å². The molecule has 176 valence electrons. The van der Waals surface area contributed by atoms with Crippen LogP contribution in [0.2, 0.25) is 0 Å². The number of aliphatic hydroxyl groups excluding tert-OH is 1. The average Bonchev–Trinajstić information content (AvgIpc) is 2.65. The van der Waals surface area contributed by atoms with Crippen LogP contribution in [0.1, 0.15) is 65.7 Å². The number of unbranched alkanes of at least 4 members (excludes halogenated alkanes) is 3. The highest BCUT2D eigenvalue weighted by Crippen LogP contribution is 2.09. The van der Waals surface area contributed by atoms with E-state index in [-0.39, 0.29) is 43.8 Å². The molecule has 0 aromatic carbocycles. The summed E-state index contributed by atoms with van der Waals surface area (Å²) in [5.41, 5.74) is -0.509. The van der Waals surface area contributed by atoms with Crippen molar-refractivity contribution < 1.29 is 33.7 Å². The Morgan fingerprint density at radius 3 is 2.13 bits per heavy atom. The molecule has 0 heterocycles. The molecule has 30 heavy (non-hydrogen) atoms. The predicted octanol–water partition coefficient (Wildman–Crippen LogP) is 1.32. The van der Waals surface area contributed by atoms with Crippen molar-refractivity contribution in [3.05, 3.63) is 0 Å². The van der Waals surface area contributed by atoms with Crippen LogP contribution in [-0.4, -0.2) is 74.6 Å². The van der Waals surface area contributed by atoms with Crippen molar-refractivity contribution in [2.75, 3.05) is 46.1 Å². The summed E-state index contributed by atoms with van der Waals surface area (Å²) >= 11 is 0. The SMILES string of the molecule is CC(C)(C)OC(=O)CCCC(=O)NCCOCCOCC(=O)NCCCCCCO. The van der Waals surface area contributed by atoms with Gasteiger partial charge in [0.1, 0.15) is 12.2 Å². The van der Waals surface area contributed by atoms with E-state index < -0.39 is 5.60 Å². The summed E-state index contributed by atoms with van der Waals surface area (Å²) in [5, 5.41) is 14.2. The van der Waals surface area contributed by atoms with E-state index >= 15 is 0 Å². The third-order valence-electron chi connectivity index (χ3n) is 3.79. The summed E-state index contributed by atoms with van der Waals surface area (Å²) in [4.78, 5) is 34.8. The van der Waals surface area contributed by atoms with Crippen molar-refractivity contribution >= 4 is 17.8 Å². The monoisotopic (exact) mass is 432 g/mol. The van der Waals surface area contributed by atoms with Crippen LogP contribution in [0.25, 0.3) is 0 Å². The van der Waals surface area contributed by atoms with Crippen LogP contribution in [0, 0.1) is 0 Å². The molecule has 0 fully saturated rings. The second-order valence-electron chi connectivity index (χ2n) is 7.94. The average molecular weight is 433 g/mol. The van der Waals surface area contributed by atoms with Crippen LogP contribution < -0.4 is 10.6 Å². The smallest absolute Gasteiger partial charge is 0.306 e. The Bertz CT molecular complexity index is 478. The maximum absolute atomic E-state index is 11.7. The standard InChI is InChI=1S/C21H40N2O7/c1-21(2,3)30-20(27)10-8-9-18(25)23-12-14-28-15-16-29-17-19(26)22-11-6-4-5-7-13-24/h24H,4-17H2,1-3H3,(H,22,26)(H,23,25). The molecule has 0 saturated carbocycles. The molecular formula is C21H40N2O7. The normalized spacial score (nSPS) is 11.2. The fraction of sp³-hybridized carbons (Fsp3) is 0.857. The Morgan fingerprint density at radius 2 is 1.43 bits per heavy atom. The van der Waals surface area contributed by atoms with E-state index in [0.29, 0.717) is 39.3 Å². The zero-order valence-electron chi connectivity index (χ0n) is 18.8. The number of carbonyl (C=O) groups is 3. The van der Waals surface area contributed by atoms with Crippen molar-refractivity contribution in [1.29, 1.82) is 0 Å². The first-order chi connectivity index (χ1) is 14.2. The Labute approximate surface area is 180 Å². The van der Waals surface area contributed by atoms with Crippen LogP contribution in [0.5, 0.6) is 0 Å². The first-order valence-corrected chi connectivity index (χ1v) is 10.8. The lowest BCUT2D eigenvalue weighted by molar-refractivity contribution is -0.154. The van der Waals surface area contributed by atoms with Gasteiger partial charge >= 0.3 is 5.97 Å². The highest BCUT2D eigenvalue weighted by molar-refractivity contribution is 5.77. The molecule has 0 radical (unpaired) electrons. The van der Waals surface area contributed by atoms with Crippen LogP contribution in [0.15, 0.2) is 0 Å². The lowest BCUT2D eigenvalue weighted by Gasteiger charge is -2.19. The van der Waals surface area contributed by atoms with Crippen LogP contribution in [-0.2, 0) is 28.6 Å². The van der Waals surface area contributed by atoms with E-state index in [1.807, 2.05) is 0 Å². The molecule has 0 spiro atoms. The highest BCUT2D eigenvalue weighted by atomic mass is 16.6. The van der Waals surface area contributed by atoms with Crippen LogP contribution >= 0.6 is 0 Å². The summed E-state index contributed by atoms with van der Waals surface area (Å²) in [6.07, 6.45) is 4.56. The van der Waals surface area contributed by atoms with E-state index in [9.17, 15) is 14.4 Å². The molecule has 2 amide bonds. The van der Waals surface area contributed by atoms with Gasteiger partial charge in [-0.15, -0.1) is 0 Å². The molecule has 0 aromatic heterocycles. The molecule has 0 aliphatic carbocycles. The molecule has 0 unspecified atom stereocenters. The number of ether oxygens (including phenoxy) is 3. The number of hydrogen-bond acceptors (Lipinski definition) is 7. The molecular weight excluding hydrogens is 392 g/mol. The predicted molar refractivity (Wildman–Crippen MR) is 113 cm³/mol. The number of carbonyl (C=O) groups excluding carboxylic acids is 3. The number of esters is 1. The van der Waals surface area contributed by atoms with Crippen molar-refractivity contribution in [2.45, 2.75) is 71.3 Å². The Morgan fingerprint density at radius 1 is 0.767 bits per heavy atom. The third kappa shape index (κ3) is 21.0. The minimum Gasteiger partial charge on any atom is -0.460 e. The minimum atomic E-state index is -0.509. The Kier molecular flexibility index (Phi) is 17.1. The number of aliphatic hydroxyl groups is 1. The van der Waals surface area contributed by atoms with E-state index in [0.717, 1.165) is 25.7 Å². The maximum atomic E-state index is 11.7. The van der Waals surface area contributed by atoms with Gasteiger partial charge in [0, 0.05) is 32.5 Å². The van der Waals surface area contributed by atoms with Crippen molar-refractivity contribution in [3.63, 3.8) is 0 Å². The van der Waals surface area contributed by atoms with Gasteiger partial charge in [-0.25, -0.2) is 0 Å². The van der Waals surface area contributed by atoms with Crippen LogP contribution in [0.3, 0.4) is 0 Å². The van der Waals surface area contributed by atoms with Crippen LogP contribution in [0.4, 0.5) is 0 Å². The summed E-state index contributed by atoms with van der Waals surface area (Å²) in [6.45, 7) is 7.60. The molecule has 0 saturated heterocycles. The zero-order valence-corrected chi connectivity index (χ0v) is 18.8. The number of nitrogens with one attached hydrogen (secondary N) is 2. The van der Waals surface area contributed by atoms with Gasteiger partial charge in [0.2, 0.25) is 11.8 Å². The van der Waals surface area contributed by atoms with E-state index in [1.165, 1.54) is 0 Å². The number of rotatable bonds is 18. The lowest BCUT2D eigenvalue weighted by Crippen LogP contribution is -2.29. The van der Waals surface area contributed by atoms with Gasteiger partial charge in [-0.3, -0.25) is 14.4 Å². The number of amides is 2. The van der Waals surface area contributed by atoms with E-state index in [1.54, 1.807) is 20.8 Å². The van der Waals surface area contributed by atoms with Gasteiger partial charge in [-0.05, 0) is 40.0 Å². The topological polar surface area (TPSA) is 123 Å². The van der Waals surface area contributed by atoms with Gasteiger partial charge in [-0.1, -0.05) is 12.8 Å². The second kappa shape index (κ2) is 18.1. The Balaban J connectivity index is 3.41. The van der Waals surface area contributed by atoms with Gasteiger partial charge in [0.25, 0.3) is 0 Å². The van der Waals surface area contributed by atoms with Gasteiger partial charge in [0.05, 0.1) is 19.8 Å². The largest absolute Gasteiger partial charge is 0.460 e. The fourth-order valence-corrected chi connectivity index (χ4v) is 2.39. The zero-order chi connectivity index (χ0) is 22.7. The van der Waals surface area contributed by atoms with E-state index in [4.69, 9.17) is 19.3 Å². The summed E-state index contributed by atoms with van der Waals surface area (Å²) < 4.78 is 15.7. The highest BCUT2D eigenvalue weighted by Gasteiger charge is 2.16. The molecule has 0 rings (SSSR count). The molecule has 0 atom stereocenters. The molecule has 0 bridgehead atoms. The lowest BCUT2D eigenvalue weighted by atomic mass is 10.2. The summed E-state index contributed by atoms with van der Waals surface area (Å²) in [7, 11) is 0. The molecule has 9 nitrogen and oxygen atoms in total. The number of hydrogen-bond donors (Lipinski definition) is 3. The van der Waals surface area contributed by atoms with Gasteiger partial charge < -0.3 is 30.0 Å². The molecule has 3 N–H and O–H groups in total. The molecule has 0 aliphatic rings. The van der Waals surface area contributed by atoms with Gasteiger partial charge in [0.15, 0.2) is 0 Å². The fourth-order valence-electron chi connectivity index (χ4n) is 2.39. The Hall–Kier alpha value is -1.71. The van der Waals surface area contributed by atoms with E-state index in [2.05, 4.69) is 10.6 Å². The summed E-state index contributed by atoms with van der Waals surface area (Å²) in [6, 6.07) is 0. The molecule has 9 heteroatoms. The third-order valence-corrected chi connectivity index (χ3v) is 3.79. The molecule has 0 aromatic rings. The quantitative estimate of drug-likeness (QED) is 0.220.